The number of anilines is 1. The van der Waals surface area contributed by atoms with E-state index in [2.05, 4.69) is 9.97 Å². The molecule has 2 N–H and O–H groups in total. The van der Waals surface area contributed by atoms with Crippen LogP contribution in [0.4, 0.5) is 5.82 Å². The number of carbonyl (C=O) groups excluding carboxylic acids is 2. The number of aromatic nitrogens is 2. The quantitative estimate of drug-likeness (QED) is 0.626. The SMILES string of the molecule is Cc1nc(Cl)c(C=O)c(N(CC(N)=O)CC(C)C)n1. The molecule has 0 saturated carbocycles. The highest BCUT2D eigenvalue weighted by atomic mass is 35.5. The number of aryl methyl sites for hydroxylation is 1. The maximum Gasteiger partial charge on any atom is 0.236 e. The van der Waals surface area contributed by atoms with Crippen LogP contribution in [-0.2, 0) is 4.79 Å². The summed E-state index contributed by atoms with van der Waals surface area (Å²) >= 11 is 5.93. The molecule has 0 bridgehead atoms. The minimum absolute atomic E-state index is 0.0220. The zero-order valence-electron chi connectivity index (χ0n) is 11.2. The van der Waals surface area contributed by atoms with Gasteiger partial charge in [0.15, 0.2) is 6.29 Å². The number of carbonyl (C=O) groups is 2. The fourth-order valence-corrected chi connectivity index (χ4v) is 1.98. The first kappa shape index (κ1) is 15.4. The van der Waals surface area contributed by atoms with E-state index in [9.17, 15) is 9.59 Å². The minimum Gasteiger partial charge on any atom is -0.368 e. The van der Waals surface area contributed by atoms with Gasteiger partial charge in [0, 0.05) is 6.54 Å². The van der Waals surface area contributed by atoms with Crippen LogP contribution in [-0.4, -0.2) is 35.3 Å². The van der Waals surface area contributed by atoms with Gasteiger partial charge in [-0.2, -0.15) is 0 Å². The van der Waals surface area contributed by atoms with Gasteiger partial charge in [-0.15, -0.1) is 0 Å². The number of hydrogen-bond acceptors (Lipinski definition) is 5. The first-order chi connectivity index (χ1) is 8.85. The smallest absolute Gasteiger partial charge is 0.236 e. The van der Waals surface area contributed by atoms with Crippen molar-refractivity contribution in [3.05, 3.63) is 16.5 Å². The van der Waals surface area contributed by atoms with Crippen molar-refractivity contribution >= 4 is 29.6 Å². The molecule has 1 heterocycles. The molecule has 0 spiro atoms. The summed E-state index contributed by atoms with van der Waals surface area (Å²) in [6.45, 7) is 6.17. The lowest BCUT2D eigenvalue weighted by atomic mass is 10.2. The molecule has 0 unspecified atom stereocenters. The van der Waals surface area contributed by atoms with E-state index in [4.69, 9.17) is 17.3 Å². The van der Waals surface area contributed by atoms with Crippen LogP contribution in [0.15, 0.2) is 0 Å². The molecule has 0 aromatic carbocycles. The molecule has 1 amide bonds. The molecule has 0 aliphatic rings. The third-order valence-corrected chi connectivity index (χ3v) is 2.63. The highest BCUT2D eigenvalue weighted by molar-refractivity contribution is 6.32. The highest BCUT2D eigenvalue weighted by Gasteiger charge is 2.19. The molecule has 19 heavy (non-hydrogen) atoms. The number of nitrogens with two attached hydrogens (primary N) is 1. The Bertz CT molecular complexity index is 491. The summed E-state index contributed by atoms with van der Waals surface area (Å²) in [6.07, 6.45) is 0.589. The van der Waals surface area contributed by atoms with Crippen LogP contribution < -0.4 is 10.6 Å². The van der Waals surface area contributed by atoms with Crippen molar-refractivity contribution in [2.75, 3.05) is 18.0 Å². The Morgan fingerprint density at radius 3 is 2.58 bits per heavy atom. The number of primary amides is 1. The van der Waals surface area contributed by atoms with E-state index in [1.807, 2.05) is 13.8 Å². The molecule has 1 rings (SSSR count). The molecule has 0 radical (unpaired) electrons. The van der Waals surface area contributed by atoms with E-state index < -0.39 is 5.91 Å². The lowest BCUT2D eigenvalue weighted by molar-refractivity contribution is -0.116. The van der Waals surface area contributed by atoms with Gasteiger partial charge < -0.3 is 10.6 Å². The Kier molecular flexibility index (Phi) is 5.23. The Labute approximate surface area is 117 Å². The Hall–Kier alpha value is -1.69. The molecule has 104 valence electrons. The van der Waals surface area contributed by atoms with E-state index in [-0.39, 0.29) is 23.2 Å². The van der Waals surface area contributed by atoms with Crippen LogP contribution in [0.2, 0.25) is 5.15 Å². The van der Waals surface area contributed by atoms with Gasteiger partial charge in [-0.1, -0.05) is 25.4 Å². The molecule has 1 aromatic heterocycles. The molecule has 6 nitrogen and oxygen atoms in total. The molecule has 0 aliphatic heterocycles. The summed E-state index contributed by atoms with van der Waals surface area (Å²) in [5.74, 6) is 0.557. The van der Waals surface area contributed by atoms with Gasteiger partial charge in [0.1, 0.15) is 16.8 Å². The van der Waals surface area contributed by atoms with Gasteiger partial charge in [-0.25, -0.2) is 9.97 Å². The van der Waals surface area contributed by atoms with Gasteiger partial charge in [0.25, 0.3) is 0 Å². The number of halogens is 1. The van der Waals surface area contributed by atoms with Crippen molar-refractivity contribution < 1.29 is 9.59 Å². The van der Waals surface area contributed by atoms with Crippen molar-refractivity contribution in [3.8, 4) is 0 Å². The number of nitrogens with zero attached hydrogens (tertiary/aromatic N) is 3. The third-order valence-electron chi connectivity index (χ3n) is 2.34. The molecular weight excluding hydrogens is 268 g/mol. The van der Waals surface area contributed by atoms with E-state index in [1.54, 1.807) is 11.8 Å². The van der Waals surface area contributed by atoms with E-state index in [0.717, 1.165) is 0 Å². The molecule has 1 aromatic rings. The van der Waals surface area contributed by atoms with E-state index in [1.165, 1.54) is 0 Å². The normalized spacial score (nSPS) is 10.6. The van der Waals surface area contributed by atoms with Crippen LogP contribution >= 0.6 is 11.6 Å². The largest absolute Gasteiger partial charge is 0.368 e. The Balaban J connectivity index is 3.27. The maximum atomic E-state index is 11.1. The van der Waals surface area contributed by atoms with Crippen molar-refractivity contribution in [2.45, 2.75) is 20.8 Å². The Morgan fingerprint density at radius 1 is 1.47 bits per heavy atom. The molecular formula is C12H17ClN4O2. The zero-order chi connectivity index (χ0) is 14.6. The van der Waals surface area contributed by atoms with Gasteiger partial charge in [0.05, 0.1) is 12.1 Å². The fraction of sp³-hybridized carbons (Fsp3) is 0.500. The second-order valence-corrected chi connectivity index (χ2v) is 5.02. The lowest BCUT2D eigenvalue weighted by Gasteiger charge is -2.25. The monoisotopic (exact) mass is 284 g/mol. The fourth-order valence-electron chi connectivity index (χ4n) is 1.73. The van der Waals surface area contributed by atoms with Gasteiger partial charge in [-0.05, 0) is 12.8 Å². The van der Waals surface area contributed by atoms with Crippen molar-refractivity contribution in [2.24, 2.45) is 11.7 Å². The van der Waals surface area contributed by atoms with Crippen molar-refractivity contribution in [3.63, 3.8) is 0 Å². The molecule has 0 atom stereocenters. The van der Waals surface area contributed by atoms with Crippen LogP contribution in [0.5, 0.6) is 0 Å². The summed E-state index contributed by atoms with van der Waals surface area (Å²) < 4.78 is 0. The third kappa shape index (κ3) is 4.17. The summed E-state index contributed by atoms with van der Waals surface area (Å²) in [5.41, 5.74) is 5.40. The predicted octanol–water partition coefficient (Wildman–Crippen LogP) is 1.20. The first-order valence-corrected chi connectivity index (χ1v) is 6.25. The second kappa shape index (κ2) is 6.47. The molecule has 0 fully saturated rings. The second-order valence-electron chi connectivity index (χ2n) is 4.66. The van der Waals surface area contributed by atoms with Crippen LogP contribution in [0.25, 0.3) is 0 Å². The van der Waals surface area contributed by atoms with Crippen LogP contribution in [0, 0.1) is 12.8 Å². The Morgan fingerprint density at radius 2 is 2.11 bits per heavy atom. The van der Waals surface area contributed by atoms with Crippen molar-refractivity contribution in [1.29, 1.82) is 0 Å². The average molecular weight is 285 g/mol. The van der Waals surface area contributed by atoms with E-state index >= 15 is 0 Å². The summed E-state index contributed by atoms with van der Waals surface area (Å²) in [4.78, 5) is 32.1. The van der Waals surface area contributed by atoms with Gasteiger partial charge in [0.2, 0.25) is 5.91 Å². The summed E-state index contributed by atoms with van der Waals surface area (Å²) in [6, 6.07) is 0. The van der Waals surface area contributed by atoms with Crippen LogP contribution in [0.1, 0.15) is 30.0 Å². The first-order valence-electron chi connectivity index (χ1n) is 5.87. The number of amides is 1. The van der Waals surface area contributed by atoms with E-state index in [0.29, 0.717) is 24.5 Å². The molecule has 7 heteroatoms. The standard InChI is InChI=1S/C12H17ClN4O2/c1-7(2)4-17(5-10(14)19)12-9(6-18)11(13)15-8(3)16-12/h6-7H,4-5H2,1-3H3,(H2,14,19). The van der Waals surface area contributed by atoms with Crippen molar-refractivity contribution in [1.82, 2.24) is 9.97 Å². The molecule has 0 saturated heterocycles. The number of hydrogen-bond donors (Lipinski definition) is 1. The molecule has 0 aliphatic carbocycles. The van der Waals surface area contributed by atoms with Crippen LogP contribution in [0.3, 0.4) is 0 Å². The lowest BCUT2D eigenvalue weighted by Crippen LogP contribution is -2.37. The number of aldehydes is 1. The van der Waals surface area contributed by atoms with Gasteiger partial charge >= 0.3 is 0 Å². The topological polar surface area (TPSA) is 89.2 Å². The predicted molar refractivity (Wildman–Crippen MR) is 73.4 cm³/mol. The average Bonchev–Trinajstić information content (AvgIpc) is 2.25. The zero-order valence-corrected chi connectivity index (χ0v) is 11.9. The minimum atomic E-state index is -0.495. The van der Waals surface area contributed by atoms with Gasteiger partial charge in [-0.3, -0.25) is 9.59 Å². The number of rotatable bonds is 6. The highest BCUT2D eigenvalue weighted by Crippen LogP contribution is 2.23. The summed E-state index contributed by atoms with van der Waals surface area (Å²) in [7, 11) is 0. The maximum absolute atomic E-state index is 11.1. The summed E-state index contributed by atoms with van der Waals surface area (Å²) in [5, 5.41) is 0.0794.